The Morgan fingerprint density at radius 2 is 2.15 bits per heavy atom. The second kappa shape index (κ2) is 4.53. The number of rotatable bonds is 3. The second-order valence-corrected chi connectivity index (χ2v) is 4.38. The molecule has 1 aromatic carbocycles. The smallest absolute Gasteiger partial charge is 0.230 e. The number of carbonyl (C=O) groups is 1. The standard InChI is InChI=1S/C9H10ClNOS/c1-6(9(11)12)13-8-5-3-2-4-7(8)10/h2-6H,1H3,(H2,11,12)/t6-/m1/s1. The van der Waals surface area contributed by atoms with Crippen LogP contribution in [0.1, 0.15) is 6.92 Å². The van der Waals surface area contributed by atoms with Crippen LogP contribution in [0.3, 0.4) is 0 Å². The molecular weight excluding hydrogens is 206 g/mol. The van der Waals surface area contributed by atoms with Crippen LogP contribution in [0.5, 0.6) is 0 Å². The lowest BCUT2D eigenvalue weighted by Crippen LogP contribution is -2.22. The number of hydrogen-bond acceptors (Lipinski definition) is 2. The van der Waals surface area contributed by atoms with Crippen LogP contribution in [-0.2, 0) is 4.79 Å². The Morgan fingerprint density at radius 3 is 2.69 bits per heavy atom. The number of thioether (sulfide) groups is 1. The highest BCUT2D eigenvalue weighted by atomic mass is 35.5. The van der Waals surface area contributed by atoms with E-state index in [1.165, 1.54) is 11.8 Å². The molecule has 0 aromatic heterocycles. The Hall–Kier alpha value is -0.670. The molecule has 1 atom stereocenters. The minimum Gasteiger partial charge on any atom is -0.369 e. The van der Waals surface area contributed by atoms with Gasteiger partial charge >= 0.3 is 0 Å². The van der Waals surface area contributed by atoms with Crippen molar-refractivity contribution in [3.8, 4) is 0 Å². The minimum atomic E-state index is -0.329. The molecule has 0 saturated heterocycles. The zero-order chi connectivity index (χ0) is 9.84. The molecule has 70 valence electrons. The van der Waals surface area contributed by atoms with Gasteiger partial charge in [-0.3, -0.25) is 4.79 Å². The van der Waals surface area contributed by atoms with Crippen molar-refractivity contribution >= 4 is 29.3 Å². The Labute approximate surface area is 86.5 Å². The predicted octanol–water partition coefficient (Wildman–Crippen LogP) is 2.31. The molecule has 0 heterocycles. The molecule has 0 aliphatic heterocycles. The van der Waals surface area contributed by atoms with E-state index in [1.54, 1.807) is 13.0 Å². The number of hydrogen-bond donors (Lipinski definition) is 1. The normalized spacial score (nSPS) is 12.5. The average Bonchev–Trinajstić information content (AvgIpc) is 2.08. The van der Waals surface area contributed by atoms with E-state index >= 15 is 0 Å². The molecular formula is C9H10ClNOS. The largest absolute Gasteiger partial charge is 0.369 e. The van der Waals surface area contributed by atoms with Gasteiger partial charge in [0.15, 0.2) is 0 Å². The summed E-state index contributed by atoms with van der Waals surface area (Å²) in [5, 5.41) is 0.403. The van der Waals surface area contributed by atoms with Gasteiger partial charge in [-0.25, -0.2) is 0 Å². The number of primary amides is 1. The third-order valence-electron chi connectivity index (χ3n) is 1.54. The topological polar surface area (TPSA) is 43.1 Å². The van der Waals surface area contributed by atoms with E-state index in [0.717, 1.165) is 4.90 Å². The van der Waals surface area contributed by atoms with Gasteiger partial charge in [0.25, 0.3) is 0 Å². The molecule has 2 nitrogen and oxygen atoms in total. The Bertz CT molecular complexity index is 316. The number of benzene rings is 1. The predicted molar refractivity (Wildman–Crippen MR) is 56.0 cm³/mol. The Kier molecular flexibility index (Phi) is 3.63. The lowest BCUT2D eigenvalue weighted by molar-refractivity contribution is -0.117. The summed E-state index contributed by atoms with van der Waals surface area (Å²) < 4.78 is 0. The first-order valence-electron chi connectivity index (χ1n) is 3.81. The van der Waals surface area contributed by atoms with Crippen LogP contribution in [0.25, 0.3) is 0 Å². The highest BCUT2D eigenvalue weighted by molar-refractivity contribution is 8.00. The van der Waals surface area contributed by atoms with Crippen LogP contribution >= 0.6 is 23.4 Å². The SMILES string of the molecule is C[C@@H](Sc1ccccc1Cl)C(N)=O. The van der Waals surface area contributed by atoms with E-state index in [4.69, 9.17) is 17.3 Å². The zero-order valence-corrected chi connectivity index (χ0v) is 8.73. The van der Waals surface area contributed by atoms with Gasteiger partial charge in [-0.2, -0.15) is 0 Å². The van der Waals surface area contributed by atoms with Crippen molar-refractivity contribution in [3.05, 3.63) is 29.3 Å². The van der Waals surface area contributed by atoms with Gasteiger partial charge in [-0.15, -0.1) is 11.8 Å². The van der Waals surface area contributed by atoms with E-state index in [1.807, 2.05) is 18.2 Å². The maximum atomic E-state index is 10.8. The molecule has 4 heteroatoms. The molecule has 0 unspecified atom stereocenters. The van der Waals surface area contributed by atoms with Gasteiger partial charge < -0.3 is 5.73 Å². The number of carbonyl (C=O) groups excluding carboxylic acids is 1. The monoisotopic (exact) mass is 215 g/mol. The van der Waals surface area contributed by atoms with Gasteiger partial charge in [-0.05, 0) is 19.1 Å². The first-order valence-corrected chi connectivity index (χ1v) is 5.07. The molecule has 0 aliphatic rings. The Morgan fingerprint density at radius 1 is 1.54 bits per heavy atom. The summed E-state index contributed by atoms with van der Waals surface area (Å²) in [6.45, 7) is 1.76. The molecule has 1 amide bonds. The van der Waals surface area contributed by atoms with Gasteiger partial charge in [-0.1, -0.05) is 23.7 Å². The molecule has 0 saturated carbocycles. The molecule has 1 rings (SSSR count). The Balaban J connectivity index is 2.74. The van der Waals surface area contributed by atoms with Crippen molar-refractivity contribution in [1.82, 2.24) is 0 Å². The summed E-state index contributed by atoms with van der Waals surface area (Å²) in [7, 11) is 0. The van der Waals surface area contributed by atoms with E-state index in [-0.39, 0.29) is 11.2 Å². The van der Waals surface area contributed by atoms with Gasteiger partial charge in [0.2, 0.25) is 5.91 Å². The summed E-state index contributed by atoms with van der Waals surface area (Å²) >= 11 is 7.27. The molecule has 0 fully saturated rings. The fraction of sp³-hybridized carbons (Fsp3) is 0.222. The summed E-state index contributed by atoms with van der Waals surface area (Å²) in [5.41, 5.74) is 5.13. The fourth-order valence-corrected chi connectivity index (χ4v) is 1.89. The second-order valence-electron chi connectivity index (χ2n) is 2.59. The summed E-state index contributed by atoms with van der Waals surface area (Å²) in [4.78, 5) is 11.7. The van der Waals surface area contributed by atoms with Gasteiger partial charge in [0.05, 0.1) is 10.3 Å². The highest BCUT2D eigenvalue weighted by Crippen LogP contribution is 2.29. The van der Waals surface area contributed by atoms with E-state index in [0.29, 0.717) is 5.02 Å². The van der Waals surface area contributed by atoms with E-state index in [9.17, 15) is 4.79 Å². The van der Waals surface area contributed by atoms with Crippen molar-refractivity contribution in [2.24, 2.45) is 5.73 Å². The molecule has 13 heavy (non-hydrogen) atoms. The lowest BCUT2D eigenvalue weighted by Gasteiger charge is -2.07. The summed E-state index contributed by atoms with van der Waals surface area (Å²) in [5.74, 6) is -0.329. The van der Waals surface area contributed by atoms with Crippen molar-refractivity contribution in [3.63, 3.8) is 0 Å². The molecule has 1 aromatic rings. The van der Waals surface area contributed by atoms with Crippen molar-refractivity contribution < 1.29 is 4.79 Å². The average molecular weight is 216 g/mol. The molecule has 2 N–H and O–H groups in total. The van der Waals surface area contributed by atoms with Crippen LogP contribution in [0.15, 0.2) is 29.2 Å². The zero-order valence-electron chi connectivity index (χ0n) is 7.16. The van der Waals surface area contributed by atoms with E-state index < -0.39 is 0 Å². The first kappa shape index (κ1) is 10.4. The first-order chi connectivity index (χ1) is 6.11. The third-order valence-corrected chi connectivity index (χ3v) is 3.18. The molecule has 0 radical (unpaired) electrons. The van der Waals surface area contributed by atoms with Crippen LogP contribution in [0, 0.1) is 0 Å². The van der Waals surface area contributed by atoms with Crippen LogP contribution in [0.4, 0.5) is 0 Å². The van der Waals surface area contributed by atoms with Crippen LogP contribution in [-0.4, -0.2) is 11.2 Å². The van der Waals surface area contributed by atoms with Crippen molar-refractivity contribution in [1.29, 1.82) is 0 Å². The van der Waals surface area contributed by atoms with Crippen molar-refractivity contribution in [2.75, 3.05) is 0 Å². The number of halogens is 1. The van der Waals surface area contributed by atoms with Gasteiger partial charge in [0, 0.05) is 4.90 Å². The van der Waals surface area contributed by atoms with Crippen LogP contribution < -0.4 is 5.73 Å². The fourth-order valence-electron chi connectivity index (χ4n) is 0.789. The third kappa shape index (κ3) is 2.94. The number of nitrogens with two attached hydrogens (primary N) is 1. The van der Waals surface area contributed by atoms with Gasteiger partial charge in [0.1, 0.15) is 0 Å². The van der Waals surface area contributed by atoms with Crippen LogP contribution in [0.2, 0.25) is 5.02 Å². The van der Waals surface area contributed by atoms with E-state index in [2.05, 4.69) is 0 Å². The molecule has 0 bridgehead atoms. The maximum absolute atomic E-state index is 10.8. The van der Waals surface area contributed by atoms with Crippen molar-refractivity contribution in [2.45, 2.75) is 17.1 Å². The summed E-state index contributed by atoms with van der Waals surface area (Å²) in [6.07, 6.45) is 0. The minimum absolute atomic E-state index is 0.250. The highest BCUT2D eigenvalue weighted by Gasteiger charge is 2.11. The quantitative estimate of drug-likeness (QED) is 0.787. The lowest BCUT2D eigenvalue weighted by atomic mass is 10.4. The maximum Gasteiger partial charge on any atom is 0.230 e. The summed E-state index contributed by atoms with van der Waals surface area (Å²) in [6, 6.07) is 7.38. The number of amides is 1. The molecule has 0 aliphatic carbocycles. The molecule has 0 spiro atoms.